The molecule has 0 saturated heterocycles. The summed E-state index contributed by atoms with van der Waals surface area (Å²) in [5.74, 6) is 0.876. The van der Waals surface area contributed by atoms with Crippen molar-refractivity contribution in [2.45, 2.75) is 12.8 Å². The normalized spacial score (nSPS) is 10.8. The van der Waals surface area contributed by atoms with E-state index < -0.39 is 0 Å². The van der Waals surface area contributed by atoms with Crippen molar-refractivity contribution in [1.29, 1.82) is 0 Å². The highest BCUT2D eigenvalue weighted by Gasteiger charge is 2.17. The molecule has 1 heterocycles. The summed E-state index contributed by atoms with van der Waals surface area (Å²) < 4.78 is 10.5. The molecule has 0 aliphatic carbocycles. The van der Waals surface area contributed by atoms with Gasteiger partial charge in [0.2, 0.25) is 0 Å². The van der Waals surface area contributed by atoms with Crippen LogP contribution in [0.2, 0.25) is 0 Å². The van der Waals surface area contributed by atoms with Gasteiger partial charge in [0.05, 0.1) is 19.9 Å². The van der Waals surface area contributed by atoms with Crippen molar-refractivity contribution in [1.82, 2.24) is 9.88 Å². The number of amides is 1. The molecule has 0 aliphatic rings. The number of carbonyl (C=O) groups is 1. The third kappa shape index (κ3) is 5.58. The van der Waals surface area contributed by atoms with Crippen molar-refractivity contribution in [3.63, 3.8) is 0 Å². The van der Waals surface area contributed by atoms with Crippen LogP contribution < -0.4 is 14.8 Å². The van der Waals surface area contributed by atoms with E-state index in [9.17, 15) is 4.79 Å². The fourth-order valence-electron chi connectivity index (χ4n) is 3.06. The van der Waals surface area contributed by atoms with Gasteiger partial charge in [-0.25, -0.2) is 4.98 Å². The summed E-state index contributed by atoms with van der Waals surface area (Å²) in [5.41, 5.74) is 2.44. The number of carbonyl (C=O) groups excluding carboxylic acids is 1. The number of nitrogens with zero attached hydrogens (tertiary/aromatic N) is 2. The van der Waals surface area contributed by atoms with Gasteiger partial charge in [-0.15, -0.1) is 11.3 Å². The molecule has 158 valence electrons. The lowest BCUT2D eigenvalue weighted by atomic mass is 10.1. The monoisotopic (exact) mass is 425 g/mol. The Morgan fingerprint density at radius 1 is 1.07 bits per heavy atom. The number of anilines is 1. The zero-order chi connectivity index (χ0) is 21.5. The molecule has 1 aromatic heterocycles. The minimum Gasteiger partial charge on any atom is -0.497 e. The Bertz CT molecular complexity index is 964. The van der Waals surface area contributed by atoms with Gasteiger partial charge in [0, 0.05) is 22.1 Å². The van der Waals surface area contributed by atoms with Crippen molar-refractivity contribution in [3.05, 3.63) is 59.0 Å². The van der Waals surface area contributed by atoms with Gasteiger partial charge in [-0.2, -0.15) is 0 Å². The Morgan fingerprint density at radius 3 is 2.33 bits per heavy atom. The highest BCUT2D eigenvalue weighted by Crippen LogP contribution is 2.33. The van der Waals surface area contributed by atoms with E-state index in [2.05, 4.69) is 24.3 Å². The highest BCUT2D eigenvalue weighted by atomic mass is 32.1. The number of methoxy groups -OCH3 is 2. The summed E-state index contributed by atoms with van der Waals surface area (Å²) in [5, 5.41) is 3.52. The van der Waals surface area contributed by atoms with E-state index in [-0.39, 0.29) is 5.91 Å². The number of rotatable bonds is 9. The Hall–Kier alpha value is -2.90. The van der Waals surface area contributed by atoms with Crippen LogP contribution in [0.3, 0.4) is 0 Å². The summed E-state index contributed by atoms with van der Waals surface area (Å²) in [6.07, 6.45) is 1.93. The fraction of sp³-hybridized carbons (Fsp3) is 0.304. The second kappa shape index (κ2) is 10.2. The van der Waals surface area contributed by atoms with Crippen molar-refractivity contribution < 1.29 is 14.3 Å². The van der Waals surface area contributed by atoms with E-state index in [1.54, 1.807) is 32.4 Å². The van der Waals surface area contributed by atoms with Crippen LogP contribution in [0.15, 0.2) is 48.5 Å². The summed E-state index contributed by atoms with van der Waals surface area (Å²) in [6, 6.07) is 15.2. The first-order valence-corrected chi connectivity index (χ1v) is 10.6. The molecule has 0 atom stereocenters. The van der Waals surface area contributed by atoms with Crippen LogP contribution in [-0.2, 0) is 6.42 Å². The molecular formula is C23H27N3O3S. The molecule has 1 N–H and O–H groups in total. The van der Waals surface area contributed by atoms with E-state index in [1.807, 2.05) is 30.3 Å². The molecular weight excluding hydrogens is 398 g/mol. The summed E-state index contributed by atoms with van der Waals surface area (Å²) in [7, 11) is 7.25. The van der Waals surface area contributed by atoms with E-state index in [1.165, 1.54) is 16.2 Å². The second-order valence-electron chi connectivity index (χ2n) is 7.12. The predicted molar refractivity (Wildman–Crippen MR) is 122 cm³/mol. The van der Waals surface area contributed by atoms with Crippen molar-refractivity contribution >= 4 is 22.4 Å². The molecule has 0 bridgehead atoms. The summed E-state index contributed by atoms with van der Waals surface area (Å²) in [6.45, 7) is 0.997. The lowest BCUT2D eigenvalue weighted by Crippen LogP contribution is -2.13. The molecule has 0 aliphatic heterocycles. The third-order valence-electron chi connectivity index (χ3n) is 4.59. The zero-order valence-corrected chi connectivity index (χ0v) is 18.6. The quantitative estimate of drug-likeness (QED) is 0.544. The lowest BCUT2D eigenvalue weighted by molar-refractivity contribution is 0.102. The van der Waals surface area contributed by atoms with E-state index >= 15 is 0 Å². The number of hydrogen-bond donors (Lipinski definition) is 1. The van der Waals surface area contributed by atoms with Crippen molar-refractivity contribution in [3.8, 4) is 22.8 Å². The van der Waals surface area contributed by atoms with Crippen molar-refractivity contribution in [2.75, 3.05) is 40.2 Å². The molecule has 0 unspecified atom stereocenters. The Kier molecular flexibility index (Phi) is 7.43. The number of hydrogen-bond acceptors (Lipinski definition) is 6. The largest absolute Gasteiger partial charge is 0.497 e. The molecule has 2 aromatic carbocycles. The topological polar surface area (TPSA) is 63.7 Å². The number of thiazole rings is 1. The molecule has 6 nitrogen and oxygen atoms in total. The smallest absolute Gasteiger partial charge is 0.257 e. The average Bonchev–Trinajstić information content (AvgIpc) is 3.16. The third-order valence-corrected chi connectivity index (χ3v) is 5.62. The van der Waals surface area contributed by atoms with Crippen LogP contribution in [0.5, 0.6) is 11.5 Å². The fourth-order valence-corrected chi connectivity index (χ4v) is 4.08. The maximum Gasteiger partial charge on any atom is 0.257 e. The number of aromatic nitrogens is 1. The van der Waals surface area contributed by atoms with Gasteiger partial charge in [0.25, 0.3) is 5.91 Å². The maximum atomic E-state index is 12.8. The number of aryl methyl sites for hydroxylation is 1. The minimum atomic E-state index is -0.250. The molecule has 3 aromatic rings. The van der Waals surface area contributed by atoms with Crippen LogP contribution >= 0.6 is 11.3 Å². The number of nitrogens with one attached hydrogen (secondary N) is 1. The van der Waals surface area contributed by atoms with E-state index in [0.29, 0.717) is 22.2 Å². The zero-order valence-electron chi connectivity index (χ0n) is 17.8. The maximum absolute atomic E-state index is 12.8. The number of benzene rings is 2. The highest BCUT2D eigenvalue weighted by molar-refractivity contribution is 7.16. The second-order valence-corrected chi connectivity index (χ2v) is 8.20. The van der Waals surface area contributed by atoms with Crippen LogP contribution in [0, 0.1) is 0 Å². The minimum absolute atomic E-state index is 0.250. The first-order valence-electron chi connectivity index (χ1n) is 9.74. The predicted octanol–water partition coefficient (Wildman–Crippen LogP) is 4.57. The van der Waals surface area contributed by atoms with Gasteiger partial charge in [-0.05, 0) is 45.6 Å². The molecule has 0 fully saturated rings. The SMILES string of the molecule is COc1cc(OC)cc(C(=O)Nc2nc(-c3ccccc3)c(CCCN(C)C)s2)c1. The van der Waals surface area contributed by atoms with Gasteiger partial charge in [0.1, 0.15) is 11.5 Å². The van der Waals surface area contributed by atoms with Gasteiger partial charge < -0.3 is 14.4 Å². The molecule has 1 amide bonds. The van der Waals surface area contributed by atoms with Crippen LogP contribution in [0.1, 0.15) is 21.7 Å². The number of ether oxygens (including phenoxy) is 2. The van der Waals surface area contributed by atoms with E-state index in [0.717, 1.165) is 30.6 Å². The molecule has 0 saturated carbocycles. The van der Waals surface area contributed by atoms with E-state index in [4.69, 9.17) is 14.5 Å². The molecule has 0 radical (unpaired) electrons. The standard InChI is InChI=1S/C23H27N3O3S/c1-26(2)12-8-11-20-21(16-9-6-5-7-10-16)24-23(30-20)25-22(27)17-13-18(28-3)15-19(14-17)29-4/h5-7,9-10,13-15H,8,11-12H2,1-4H3,(H,24,25,27). The first kappa shape index (κ1) is 21.8. The van der Waals surface area contributed by atoms with Crippen molar-refractivity contribution in [2.24, 2.45) is 0 Å². The summed E-state index contributed by atoms with van der Waals surface area (Å²) >= 11 is 1.52. The Balaban J connectivity index is 1.85. The first-order chi connectivity index (χ1) is 14.5. The van der Waals surface area contributed by atoms with Crippen LogP contribution in [0.4, 0.5) is 5.13 Å². The molecule has 0 spiro atoms. The van der Waals surface area contributed by atoms with Gasteiger partial charge in [-0.1, -0.05) is 30.3 Å². The molecule has 7 heteroatoms. The van der Waals surface area contributed by atoms with Crippen LogP contribution in [0.25, 0.3) is 11.3 Å². The Labute approximate surface area is 181 Å². The van der Waals surface area contributed by atoms with Gasteiger partial charge in [0.15, 0.2) is 5.13 Å². The molecule has 30 heavy (non-hydrogen) atoms. The average molecular weight is 426 g/mol. The molecule has 3 rings (SSSR count). The lowest BCUT2D eigenvalue weighted by Gasteiger charge is -2.08. The van der Waals surface area contributed by atoms with Crippen LogP contribution in [-0.4, -0.2) is 50.7 Å². The summed E-state index contributed by atoms with van der Waals surface area (Å²) in [4.78, 5) is 20.9. The Morgan fingerprint density at radius 2 is 1.73 bits per heavy atom. The van der Waals surface area contributed by atoms with Gasteiger partial charge in [-0.3, -0.25) is 10.1 Å². The van der Waals surface area contributed by atoms with Gasteiger partial charge >= 0.3 is 0 Å².